The molecule has 0 aromatic carbocycles. The summed E-state index contributed by atoms with van der Waals surface area (Å²) in [6.45, 7) is 11.6. The zero-order valence-corrected chi connectivity index (χ0v) is 17.4. The number of amides is 1. The Hall–Kier alpha value is -1.37. The molecular formula is C22H35N3O3. The second-order valence-electron chi connectivity index (χ2n) is 8.85. The summed E-state index contributed by atoms with van der Waals surface area (Å²) in [6, 6.07) is 4.65. The van der Waals surface area contributed by atoms with Crippen LogP contribution < -0.4 is 0 Å². The number of likely N-dealkylation sites (tertiary alicyclic amines) is 1. The molecule has 3 saturated heterocycles. The average Bonchev–Trinajstić information content (AvgIpc) is 3.18. The highest BCUT2D eigenvalue weighted by Crippen LogP contribution is 2.24. The van der Waals surface area contributed by atoms with Gasteiger partial charge in [0.15, 0.2) is 5.76 Å². The molecule has 3 aliphatic rings. The number of hydrogen-bond acceptors (Lipinski definition) is 5. The van der Waals surface area contributed by atoms with Gasteiger partial charge in [-0.2, -0.15) is 0 Å². The van der Waals surface area contributed by atoms with Crippen LogP contribution in [0.2, 0.25) is 0 Å². The third-order valence-corrected chi connectivity index (χ3v) is 6.66. The van der Waals surface area contributed by atoms with Crippen molar-refractivity contribution in [2.24, 2.45) is 5.92 Å². The molecular weight excluding hydrogens is 354 g/mol. The molecule has 0 bridgehead atoms. The SMILES string of the molecule is CCC[C@H]1COC[C@H]2CN(C(=O)c3ccc(CN4CCC(C)CC4)o3)CCN12. The van der Waals surface area contributed by atoms with Crippen molar-refractivity contribution < 1.29 is 13.9 Å². The van der Waals surface area contributed by atoms with E-state index in [9.17, 15) is 4.79 Å². The predicted molar refractivity (Wildman–Crippen MR) is 108 cm³/mol. The van der Waals surface area contributed by atoms with Crippen LogP contribution in [0.5, 0.6) is 0 Å². The van der Waals surface area contributed by atoms with Crippen LogP contribution in [-0.4, -0.2) is 78.6 Å². The molecule has 6 heteroatoms. The molecule has 0 spiro atoms. The van der Waals surface area contributed by atoms with Gasteiger partial charge >= 0.3 is 0 Å². The monoisotopic (exact) mass is 389 g/mol. The van der Waals surface area contributed by atoms with Gasteiger partial charge in [0, 0.05) is 25.7 Å². The maximum Gasteiger partial charge on any atom is 0.289 e. The largest absolute Gasteiger partial charge is 0.455 e. The maximum absolute atomic E-state index is 13.0. The van der Waals surface area contributed by atoms with Gasteiger partial charge in [-0.05, 0) is 50.4 Å². The molecule has 0 unspecified atom stereocenters. The van der Waals surface area contributed by atoms with Crippen LogP contribution in [0.25, 0.3) is 0 Å². The number of piperidine rings is 1. The Labute approximate surface area is 168 Å². The Balaban J connectivity index is 1.33. The second-order valence-corrected chi connectivity index (χ2v) is 8.85. The molecule has 6 nitrogen and oxygen atoms in total. The van der Waals surface area contributed by atoms with Gasteiger partial charge in [0.2, 0.25) is 0 Å². The van der Waals surface area contributed by atoms with Crippen molar-refractivity contribution in [2.45, 2.75) is 58.2 Å². The minimum atomic E-state index is 0.0239. The number of hydrogen-bond donors (Lipinski definition) is 0. The number of furan rings is 1. The third-order valence-electron chi connectivity index (χ3n) is 6.66. The van der Waals surface area contributed by atoms with Crippen molar-refractivity contribution in [3.63, 3.8) is 0 Å². The molecule has 4 rings (SSSR count). The van der Waals surface area contributed by atoms with E-state index in [1.165, 1.54) is 25.7 Å². The van der Waals surface area contributed by atoms with Crippen LogP contribution in [0.4, 0.5) is 0 Å². The molecule has 2 atom stereocenters. The van der Waals surface area contributed by atoms with Crippen LogP contribution in [0.3, 0.4) is 0 Å². The first kappa shape index (κ1) is 19.9. The van der Waals surface area contributed by atoms with Crippen LogP contribution in [-0.2, 0) is 11.3 Å². The van der Waals surface area contributed by atoms with Crippen molar-refractivity contribution in [1.82, 2.24) is 14.7 Å². The molecule has 1 amide bonds. The van der Waals surface area contributed by atoms with Crippen molar-refractivity contribution >= 4 is 5.91 Å². The number of rotatable bonds is 5. The molecule has 0 aliphatic carbocycles. The normalized spacial score (nSPS) is 27.7. The van der Waals surface area contributed by atoms with Gasteiger partial charge in [0.1, 0.15) is 5.76 Å². The van der Waals surface area contributed by atoms with Crippen molar-refractivity contribution in [1.29, 1.82) is 0 Å². The molecule has 0 radical (unpaired) electrons. The Bertz CT molecular complexity index is 651. The summed E-state index contributed by atoms with van der Waals surface area (Å²) in [4.78, 5) is 19.9. The standard InChI is InChI=1S/C22H35N3O3/c1-3-4-18-15-27-16-19-13-24(11-12-25(18)19)22(26)21-6-5-20(28-21)14-23-9-7-17(2)8-10-23/h5-6,17-19H,3-4,7-16H2,1-2H3/t18-,19+/m0/s1. The number of carbonyl (C=O) groups excluding carboxylic acids is 1. The van der Waals surface area contributed by atoms with Crippen molar-refractivity contribution in [3.05, 3.63) is 23.7 Å². The van der Waals surface area contributed by atoms with Crippen LogP contribution in [0.1, 0.15) is 55.8 Å². The van der Waals surface area contributed by atoms with E-state index in [1.807, 2.05) is 17.0 Å². The summed E-state index contributed by atoms with van der Waals surface area (Å²) in [6.07, 6.45) is 4.84. The summed E-state index contributed by atoms with van der Waals surface area (Å²) in [5, 5.41) is 0. The van der Waals surface area contributed by atoms with Gasteiger partial charge in [-0.25, -0.2) is 0 Å². The van der Waals surface area contributed by atoms with E-state index in [1.54, 1.807) is 0 Å². The highest BCUT2D eigenvalue weighted by Gasteiger charge is 2.37. The van der Waals surface area contributed by atoms with Crippen LogP contribution >= 0.6 is 0 Å². The summed E-state index contributed by atoms with van der Waals surface area (Å²) >= 11 is 0. The molecule has 0 saturated carbocycles. The quantitative estimate of drug-likeness (QED) is 0.775. The van der Waals surface area contributed by atoms with Gasteiger partial charge in [0.25, 0.3) is 5.91 Å². The molecule has 0 N–H and O–H groups in total. The lowest BCUT2D eigenvalue weighted by atomic mass is 9.99. The van der Waals surface area contributed by atoms with Crippen LogP contribution in [0.15, 0.2) is 16.5 Å². The predicted octanol–water partition coefficient (Wildman–Crippen LogP) is 2.84. The zero-order chi connectivity index (χ0) is 19.5. The summed E-state index contributed by atoms with van der Waals surface area (Å²) in [5.74, 6) is 2.23. The van der Waals surface area contributed by atoms with Gasteiger partial charge < -0.3 is 14.1 Å². The lowest BCUT2D eigenvalue weighted by Crippen LogP contribution is -2.62. The van der Waals surface area contributed by atoms with E-state index < -0.39 is 0 Å². The Kier molecular flexibility index (Phi) is 6.38. The lowest BCUT2D eigenvalue weighted by Gasteiger charge is -2.47. The van der Waals surface area contributed by atoms with Gasteiger partial charge in [0.05, 0.1) is 25.8 Å². The minimum Gasteiger partial charge on any atom is -0.455 e. The van der Waals surface area contributed by atoms with Gasteiger partial charge in [-0.1, -0.05) is 20.3 Å². The molecule has 4 heterocycles. The number of fused-ring (bicyclic) bond motifs is 1. The van der Waals surface area contributed by atoms with Gasteiger partial charge in [-0.15, -0.1) is 0 Å². The summed E-state index contributed by atoms with van der Waals surface area (Å²) in [5.41, 5.74) is 0. The molecule has 1 aromatic heterocycles. The average molecular weight is 390 g/mol. The fraction of sp³-hybridized carbons (Fsp3) is 0.773. The third kappa shape index (κ3) is 4.44. The summed E-state index contributed by atoms with van der Waals surface area (Å²) < 4.78 is 11.8. The minimum absolute atomic E-state index is 0.0239. The van der Waals surface area contributed by atoms with Gasteiger partial charge in [-0.3, -0.25) is 14.6 Å². The number of nitrogens with zero attached hydrogens (tertiary/aromatic N) is 3. The fourth-order valence-electron chi connectivity index (χ4n) is 4.88. The molecule has 156 valence electrons. The van der Waals surface area contributed by atoms with Crippen molar-refractivity contribution in [3.8, 4) is 0 Å². The first-order valence-corrected chi connectivity index (χ1v) is 11.1. The van der Waals surface area contributed by atoms with E-state index in [-0.39, 0.29) is 5.91 Å². The summed E-state index contributed by atoms with van der Waals surface area (Å²) in [7, 11) is 0. The maximum atomic E-state index is 13.0. The Morgan fingerprint density at radius 1 is 1.14 bits per heavy atom. The highest BCUT2D eigenvalue weighted by molar-refractivity contribution is 5.91. The first-order chi connectivity index (χ1) is 13.6. The second kappa shape index (κ2) is 8.97. The van der Waals surface area contributed by atoms with E-state index in [0.29, 0.717) is 17.8 Å². The highest BCUT2D eigenvalue weighted by atomic mass is 16.5. The van der Waals surface area contributed by atoms with Crippen LogP contribution in [0, 0.1) is 5.92 Å². The topological polar surface area (TPSA) is 49.2 Å². The van der Waals surface area contributed by atoms with E-state index in [0.717, 1.165) is 64.2 Å². The van der Waals surface area contributed by atoms with Crippen molar-refractivity contribution in [2.75, 3.05) is 45.9 Å². The first-order valence-electron chi connectivity index (χ1n) is 11.1. The lowest BCUT2D eigenvalue weighted by molar-refractivity contribution is -0.0779. The zero-order valence-electron chi connectivity index (χ0n) is 17.4. The number of ether oxygens (including phenoxy) is 1. The van der Waals surface area contributed by atoms with E-state index in [2.05, 4.69) is 23.6 Å². The van der Waals surface area contributed by atoms with E-state index >= 15 is 0 Å². The number of morpholine rings is 1. The molecule has 3 fully saturated rings. The molecule has 1 aromatic rings. The Morgan fingerprint density at radius 3 is 2.75 bits per heavy atom. The number of piperazine rings is 1. The molecule has 3 aliphatic heterocycles. The smallest absolute Gasteiger partial charge is 0.289 e. The Morgan fingerprint density at radius 2 is 1.96 bits per heavy atom. The number of carbonyl (C=O) groups is 1. The molecule has 28 heavy (non-hydrogen) atoms. The fourth-order valence-corrected chi connectivity index (χ4v) is 4.88. The van der Waals surface area contributed by atoms with E-state index in [4.69, 9.17) is 9.15 Å².